The Hall–Kier alpha value is -0.970. The molecule has 0 bridgehead atoms. The van der Waals surface area contributed by atoms with Crippen molar-refractivity contribution in [3.05, 3.63) is 29.6 Å². The number of ether oxygens (including phenoxy) is 1. The second-order valence-electron chi connectivity index (χ2n) is 3.94. The Morgan fingerprint density at radius 2 is 2.06 bits per heavy atom. The standard InChI is InChI=1S/C13H23N3O/c1-3-16(4-2)7-8-17-11-13-6-5-12(9-14)10-15-13/h5-6,10H,3-4,7-9,11,14H2,1-2H3. The van der Waals surface area contributed by atoms with E-state index in [4.69, 9.17) is 10.5 Å². The van der Waals surface area contributed by atoms with E-state index in [2.05, 4.69) is 23.7 Å². The summed E-state index contributed by atoms with van der Waals surface area (Å²) in [5.74, 6) is 0. The van der Waals surface area contributed by atoms with E-state index in [9.17, 15) is 0 Å². The summed E-state index contributed by atoms with van der Waals surface area (Å²) in [7, 11) is 0. The zero-order valence-electron chi connectivity index (χ0n) is 10.9. The van der Waals surface area contributed by atoms with Crippen LogP contribution in [0.15, 0.2) is 18.3 Å². The summed E-state index contributed by atoms with van der Waals surface area (Å²) in [4.78, 5) is 6.63. The Labute approximate surface area is 104 Å². The molecule has 0 aromatic carbocycles. The fourth-order valence-electron chi connectivity index (χ4n) is 1.57. The molecule has 0 atom stereocenters. The van der Waals surface area contributed by atoms with Gasteiger partial charge in [-0.25, -0.2) is 0 Å². The van der Waals surface area contributed by atoms with Gasteiger partial charge in [-0.2, -0.15) is 0 Å². The number of hydrogen-bond donors (Lipinski definition) is 1. The molecule has 0 aliphatic heterocycles. The second kappa shape index (κ2) is 8.17. The van der Waals surface area contributed by atoms with Gasteiger partial charge >= 0.3 is 0 Å². The van der Waals surface area contributed by atoms with Gasteiger partial charge in [-0.3, -0.25) is 4.98 Å². The molecule has 17 heavy (non-hydrogen) atoms. The summed E-state index contributed by atoms with van der Waals surface area (Å²) >= 11 is 0. The summed E-state index contributed by atoms with van der Waals surface area (Å²) < 4.78 is 5.59. The van der Waals surface area contributed by atoms with Crippen molar-refractivity contribution in [1.29, 1.82) is 0 Å². The van der Waals surface area contributed by atoms with E-state index < -0.39 is 0 Å². The Morgan fingerprint density at radius 1 is 1.29 bits per heavy atom. The van der Waals surface area contributed by atoms with Crippen molar-refractivity contribution in [3.63, 3.8) is 0 Å². The summed E-state index contributed by atoms with van der Waals surface area (Å²) in [5.41, 5.74) is 7.52. The highest BCUT2D eigenvalue weighted by atomic mass is 16.5. The molecule has 1 aromatic rings. The molecule has 0 aliphatic rings. The number of hydrogen-bond acceptors (Lipinski definition) is 4. The molecule has 1 rings (SSSR count). The molecule has 0 amide bonds. The van der Waals surface area contributed by atoms with Gasteiger partial charge in [0.1, 0.15) is 0 Å². The average molecular weight is 237 g/mol. The van der Waals surface area contributed by atoms with Crippen LogP contribution in [0.1, 0.15) is 25.1 Å². The van der Waals surface area contributed by atoms with Gasteiger partial charge in [0.05, 0.1) is 18.9 Å². The van der Waals surface area contributed by atoms with Gasteiger partial charge in [0.15, 0.2) is 0 Å². The van der Waals surface area contributed by atoms with E-state index in [1.54, 1.807) is 0 Å². The summed E-state index contributed by atoms with van der Waals surface area (Å²) in [5, 5.41) is 0. The first-order valence-electron chi connectivity index (χ1n) is 6.24. The van der Waals surface area contributed by atoms with Crippen molar-refractivity contribution >= 4 is 0 Å². The second-order valence-corrected chi connectivity index (χ2v) is 3.94. The van der Waals surface area contributed by atoms with Crippen LogP contribution in [0.3, 0.4) is 0 Å². The minimum absolute atomic E-state index is 0.538. The summed E-state index contributed by atoms with van der Waals surface area (Å²) in [6.07, 6.45) is 1.81. The van der Waals surface area contributed by atoms with Gasteiger partial charge in [-0.1, -0.05) is 19.9 Å². The zero-order valence-corrected chi connectivity index (χ0v) is 10.9. The van der Waals surface area contributed by atoms with E-state index in [-0.39, 0.29) is 0 Å². The maximum Gasteiger partial charge on any atom is 0.0888 e. The monoisotopic (exact) mass is 237 g/mol. The Kier molecular flexibility index (Phi) is 6.77. The molecule has 2 N–H and O–H groups in total. The van der Waals surface area contributed by atoms with Gasteiger partial charge in [0, 0.05) is 19.3 Å². The lowest BCUT2D eigenvalue weighted by molar-refractivity contribution is 0.0936. The van der Waals surface area contributed by atoms with Gasteiger partial charge in [0.2, 0.25) is 0 Å². The third-order valence-corrected chi connectivity index (χ3v) is 2.82. The van der Waals surface area contributed by atoms with E-state index in [1.165, 1.54) is 0 Å². The predicted molar refractivity (Wildman–Crippen MR) is 69.6 cm³/mol. The quantitative estimate of drug-likeness (QED) is 0.694. The van der Waals surface area contributed by atoms with E-state index in [0.29, 0.717) is 13.2 Å². The smallest absolute Gasteiger partial charge is 0.0888 e. The molecule has 1 heterocycles. The van der Waals surface area contributed by atoms with Crippen LogP contribution in [0.25, 0.3) is 0 Å². The Morgan fingerprint density at radius 3 is 2.59 bits per heavy atom. The molecule has 4 nitrogen and oxygen atoms in total. The van der Waals surface area contributed by atoms with Crippen LogP contribution in [-0.2, 0) is 17.9 Å². The molecule has 0 aliphatic carbocycles. The zero-order chi connectivity index (χ0) is 12.5. The van der Waals surface area contributed by atoms with Crippen molar-refractivity contribution in [2.75, 3.05) is 26.2 Å². The van der Waals surface area contributed by atoms with E-state index in [0.717, 1.165) is 37.5 Å². The Bertz CT molecular complexity index is 296. The number of nitrogens with two attached hydrogens (primary N) is 1. The molecule has 0 saturated heterocycles. The van der Waals surface area contributed by atoms with Crippen molar-refractivity contribution in [3.8, 4) is 0 Å². The maximum atomic E-state index is 5.59. The fraction of sp³-hybridized carbons (Fsp3) is 0.615. The van der Waals surface area contributed by atoms with E-state index in [1.807, 2.05) is 18.3 Å². The van der Waals surface area contributed by atoms with Crippen molar-refractivity contribution in [2.45, 2.75) is 27.0 Å². The summed E-state index contributed by atoms with van der Waals surface area (Å²) in [6.45, 7) is 9.32. The SMILES string of the molecule is CCN(CC)CCOCc1ccc(CN)cn1. The molecule has 0 spiro atoms. The van der Waals surface area contributed by atoms with Gasteiger partial charge in [-0.15, -0.1) is 0 Å². The largest absolute Gasteiger partial charge is 0.374 e. The topological polar surface area (TPSA) is 51.4 Å². The molecule has 1 aromatic heterocycles. The number of aromatic nitrogens is 1. The van der Waals surface area contributed by atoms with Gasteiger partial charge in [-0.05, 0) is 24.7 Å². The van der Waals surface area contributed by atoms with Crippen molar-refractivity contribution in [1.82, 2.24) is 9.88 Å². The third-order valence-electron chi connectivity index (χ3n) is 2.82. The highest BCUT2D eigenvalue weighted by molar-refractivity contribution is 5.13. The molecule has 0 unspecified atom stereocenters. The number of nitrogens with zero attached hydrogens (tertiary/aromatic N) is 2. The third kappa shape index (κ3) is 5.26. The molecule has 0 fully saturated rings. The lowest BCUT2D eigenvalue weighted by Gasteiger charge is -2.17. The highest BCUT2D eigenvalue weighted by Crippen LogP contribution is 2.01. The van der Waals surface area contributed by atoms with Crippen LogP contribution >= 0.6 is 0 Å². The first-order valence-corrected chi connectivity index (χ1v) is 6.24. The lowest BCUT2D eigenvalue weighted by Crippen LogP contribution is -2.27. The van der Waals surface area contributed by atoms with Crippen molar-refractivity contribution < 1.29 is 4.74 Å². The number of likely N-dealkylation sites (N-methyl/N-ethyl adjacent to an activating group) is 1. The minimum atomic E-state index is 0.538. The summed E-state index contributed by atoms with van der Waals surface area (Å²) in [6, 6.07) is 3.97. The maximum absolute atomic E-state index is 5.59. The van der Waals surface area contributed by atoms with E-state index >= 15 is 0 Å². The molecule has 96 valence electrons. The fourth-order valence-corrected chi connectivity index (χ4v) is 1.57. The van der Waals surface area contributed by atoms with Crippen LogP contribution in [-0.4, -0.2) is 36.1 Å². The van der Waals surface area contributed by atoms with Gasteiger partial charge in [0.25, 0.3) is 0 Å². The van der Waals surface area contributed by atoms with Crippen LogP contribution in [0.2, 0.25) is 0 Å². The molecular formula is C13H23N3O. The Balaban J connectivity index is 2.21. The first kappa shape index (κ1) is 14.1. The normalized spacial score (nSPS) is 11.1. The van der Waals surface area contributed by atoms with Crippen molar-refractivity contribution in [2.24, 2.45) is 5.73 Å². The molecule has 0 radical (unpaired) electrons. The van der Waals surface area contributed by atoms with Crippen LogP contribution < -0.4 is 5.73 Å². The minimum Gasteiger partial charge on any atom is -0.374 e. The molecule has 4 heteroatoms. The first-order chi connectivity index (χ1) is 8.30. The predicted octanol–water partition coefficient (Wildman–Crippen LogP) is 1.40. The van der Waals surface area contributed by atoms with Crippen LogP contribution in [0, 0.1) is 0 Å². The molecule has 0 saturated carbocycles. The van der Waals surface area contributed by atoms with Gasteiger partial charge < -0.3 is 15.4 Å². The molecular weight excluding hydrogens is 214 g/mol. The number of pyridine rings is 1. The average Bonchev–Trinajstić information content (AvgIpc) is 2.40. The number of rotatable bonds is 8. The lowest BCUT2D eigenvalue weighted by atomic mass is 10.2. The van der Waals surface area contributed by atoms with Crippen LogP contribution in [0.5, 0.6) is 0 Å². The highest BCUT2D eigenvalue weighted by Gasteiger charge is 1.99. The van der Waals surface area contributed by atoms with Crippen LogP contribution in [0.4, 0.5) is 0 Å².